The highest BCUT2D eigenvalue weighted by atomic mass is 32.1. The largest absolute Gasteiger partial charge is 0.495 e. The van der Waals surface area contributed by atoms with Crippen LogP contribution in [-0.2, 0) is 9.53 Å². The van der Waals surface area contributed by atoms with E-state index in [1.807, 2.05) is 36.1 Å². The molecule has 1 heterocycles. The average Bonchev–Trinajstić information content (AvgIpc) is 2.55. The van der Waals surface area contributed by atoms with Crippen LogP contribution in [0.1, 0.15) is 19.8 Å². The first-order valence-corrected chi connectivity index (χ1v) is 7.92. The van der Waals surface area contributed by atoms with Crippen molar-refractivity contribution in [2.24, 2.45) is 5.92 Å². The van der Waals surface area contributed by atoms with E-state index in [0.29, 0.717) is 18.3 Å². The summed E-state index contributed by atoms with van der Waals surface area (Å²) >= 11 is 5.47. The van der Waals surface area contributed by atoms with Crippen LogP contribution in [0.2, 0.25) is 0 Å². The van der Waals surface area contributed by atoms with Crippen molar-refractivity contribution in [2.75, 3.05) is 32.1 Å². The van der Waals surface area contributed by atoms with Gasteiger partial charge >= 0.3 is 5.97 Å². The van der Waals surface area contributed by atoms with Crippen molar-refractivity contribution in [1.29, 1.82) is 0 Å². The second-order valence-corrected chi connectivity index (χ2v) is 5.55. The topological polar surface area (TPSA) is 50.8 Å². The van der Waals surface area contributed by atoms with Crippen LogP contribution in [0.4, 0.5) is 5.69 Å². The number of thiocarbonyl (C=S) groups is 1. The highest BCUT2D eigenvalue weighted by Gasteiger charge is 2.28. The number of carbonyl (C=O) groups is 1. The summed E-state index contributed by atoms with van der Waals surface area (Å²) < 4.78 is 10.4. The number of methoxy groups -OCH3 is 1. The van der Waals surface area contributed by atoms with Gasteiger partial charge in [0.15, 0.2) is 5.11 Å². The van der Waals surface area contributed by atoms with Crippen LogP contribution in [-0.4, -0.2) is 42.8 Å². The first kappa shape index (κ1) is 16.5. The van der Waals surface area contributed by atoms with Crippen molar-refractivity contribution in [2.45, 2.75) is 19.8 Å². The third-order valence-electron chi connectivity index (χ3n) is 3.68. The number of likely N-dealkylation sites (tertiary alicyclic amines) is 1. The second-order valence-electron chi connectivity index (χ2n) is 5.17. The molecule has 2 rings (SSSR count). The lowest BCUT2D eigenvalue weighted by Gasteiger charge is -2.33. The summed E-state index contributed by atoms with van der Waals surface area (Å²) in [6.45, 7) is 3.68. The fourth-order valence-corrected chi connectivity index (χ4v) is 2.83. The van der Waals surface area contributed by atoms with E-state index < -0.39 is 0 Å². The van der Waals surface area contributed by atoms with Crippen LogP contribution in [0.25, 0.3) is 0 Å². The molecule has 0 amide bonds. The highest BCUT2D eigenvalue weighted by Crippen LogP contribution is 2.25. The van der Waals surface area contributed by atoms with E-state index in [-0.39, 0.29) is 11.9 Å². The number of hydrogen-bond donors (Lipinski definition) is 1. The van der Waals surface area contributed by atoms with Gasteiger partial charge in [-0.3, -0.25) is 4.79 Å². The summed E-state index contributed by atoms with van der Waals surface area (Å²) in [6, 6.07) is 7.62. The summed E-state index contributed by atoms with van der Waals surface area (Å²) in [7, 11) is 1.63. The Bertz CT molecular complexity index is 536. The number of nitrogens with one attached hydrogen (secondary N) is 1. The second kappa shape index (κ2) is 7.98. The monoisotopic (exact) mass is 322 g/mol. The number of para-hydroxylation sites is 2. The fourth-order valence-electron chi connectivity index (χ4n) is 2.56. The molecule has 0 aromatic heterocycles. The van der Waals surface area contributed by atoms with Gasteiger partial charge < -0.3 is 19.7 Å². The molecule has 1 aliphatic rings. The minimum Gasteiger partial charge on any atom is -0.495 e. The molecule has 1 N–H and O–H groups in total. The van der Waals surface area contributed by atoms with Gasteiger partial charge in [0.05, 0.1) is 25.3 Å². The molecule has 1 aliphatic heterocycles. The Morgan fingerprint density at radius 2 is 2.23 bits per heavy atom. The van der Waals surface area contributed by atoms with Crippen molar-refractivity contribution in [3.05, 3.63) is 24.3 Å². The van der Waals surface area contributed by atoms with Crippen LogP contribution in [0.5, 0.6) is 5.75 Å². The molecule has 1 saturated heterocycles. The maximum absolute atomic E-state index is 11.9. The summed E-state index contributed by atoms with van der Waals surface area (Å²) in [5, 5.41) is 3.81. The maximum Gasteiger partial charge on any atom is 0.310 e. The minimum atomic E-state index is -0.132. The summed E-state index contributed by atoms with van der Waals surface area (Å²) in [4.78, 5) is 13.9. The number of carbonyl (C=O) groups excluding carboxylic acids is 1. The van der Waals surface area contributed by atoms with Gasteiger partial charge in [-0.15, -0.1) is 0 Å². The third-order valence-corrected chi connectivity index (χ3v) is 4.04. The Morgan fingerprint density at radius 1 is 1.45 bits per heavy atom. The highest BCUT2D eigenvalue weighted by molar-refractivity contribution is 7.80. The van der Waals surface area contributed by atoms with Gasteiger partial charge in [0.1, 0.15) is 5.75 Å². The van der Waals surface area contributed by atoms with Gasteiger partial charge in [0.25, 0.3) is 0 Å². The van der Waals surface area contributed by atoms with Crippen LogP contribution in [0.15, 0.2) is 24.3 Å². The number of benzene rings is 1. The van der Waals surface area contributed by atoms with Gasteiger partial charge in [-0.1, -0.05) is 12.1 Å². The zero-order valence-corrected chi connectivity index (χ0v) is 13.8. The van der Waals surface area contributed by atoms with Gasteiger partial charge in [-0.25, -0.2) is 0 Å². The summed E-state index contributed by atoms with van der Waals surface area (Å²) in [5.41, 5.74) is 0.827. The quantitative estimate of drug-likeness (QED) is 0.679. The molecule has 22 heavy (non-hydrogen) atoms. The Labute approximate surface area is 136 Å². The number of piperidine rings is 1. The van der Waals surface area contributed by atoms with Crippen LogP contribution in [0, 0.1) is 5.92 Å². The maximum atomic E-state index is 11.9. The smallest absolute Gasteiger partial charge is 0.310 e. The molecule has 0 radical (unpaired) electrons. The third kappa shape index (κ3) is 4.10. The Morgan fingerprint density at radius 3 is 2.95 bits per heavy atom. The van der Waals surface area contributed by atoms with Crippen LogP contribution >= 0.6 is 12.2 Å². The Balaban J connectivity index is 1.98. The number of hydrogen-bond acceptors (Lipinski definition) is 4. The normalized spacial score (nSPS) is 17.7. The molecule has 6 heteroatoms. The Kier molecular flexibility index (Phi) is 6.00. The molecular weight excluding hydrogens is 300 g/mol. The predicted octanol–water partition coefficient (Wildman–Crippen LogP) is 2.67. The van der Waals surface area contributed by atoms with E-state index in [0.717, 1.165) is 30.8 Å². The minimum absolute atomic E-state index is 0.105. The molecule has 0 bridgehead atoms. The SMILES string of the molecule is CCOC(=O)C1CCCN(C(=S)Nc2ccccc2OC)C1. The van der Waals surface area contributed by atoms with E-state index in [1.165, 1.54) is 0 Å². The van der Waals surface area contributed by atoms with E-state index >= 15 is 0 Å². The molecule has 5 nitrogen and oxygen atoms in total. The van der Waals surface area contributed by atoms with Crippen molar-refractivity contribution >= 4 is 29.0 Å². The van der Waals surface area contributed by atoms with Gasteiger partial charge in [0, 0.05) is 13.1 Å². The Hall–Kier alpha value is -1.82. The number of anilines is 1. The van der Waals surface area contributed by atoms with E-state index in [9.17, 15) is 4.79 Å². The predicted molar refractivity (Wildman–Crippen MR) is 90.1 cm³/mol. The zero-order chi connectivity index (χ0) is 15.9. The van der Waals surface area contributed by atoms with Crippen molar-refractivity contribution in [1.82, 2.24) is 4.90 Å². The van der Waals surface area contributed by atoms with Crippen LogP contribution < -0.4 is 10.1 Å². The molecule has 1 unspecified atom stereocenters. The number of esters is 1. The lowest BCUT2D eigenvalue weighted by molar-refractivity contribution is -0.149. The van der Waals surface area contributed by atoms with Crippen molar-refractivity contribution in [3.8, 4) is 5.75 Å². The first-order valence-electron chi connectivity index (χ1n) is 7.51. The molecule has 120 valence electrons. The fraction of sp³-hybridized carbons (Fsp3) is 0.500. The molecule has 0 aliphatic carbocycles. The summed E-state index contributed by atoms with van der Waals surface area (Å²) in [6.07, 6.45) is 1.78. The van der Waals surface area contributed by atoms with E-state index in [4.69, 9.17) is 21.7 Å². The van der Waals surface area contributed by atoms with Gasteiger partial charge in [-0.05, 0) is 44.1 Å². The van der Waals surface area contributed by atoms with Crippen LogP contribution in [0.3, 0.4) is 0 Å². The lowest BCUT2D eigenvalue weighted by atomic mass is 9.98. The molecule has 1 atom stereocenters. The van der Waals surface area contributed by atoms with Crippen molar-refractivity contribution < 1.29 is 14.3 Å². The molecule has 1 fully saturated rings. The molecule has 0 spiro atoms. The number of nitrogens with zero attached hydrogens (tertiary/aromatic N) is 1. The number of rotatable bonds is 4. The van der Waals surface area contributed by atoms with Gasteiger partial charge in [0.2, 0.25) is 0 Å². The average molecular weight is 322 g/mol. The van der Waals surface area contributed by atoms with E-state index in [1.54, 1.807) is 7.11 Å². The molecular formula is C16H22N2O3S. The van der Waals surface area contributed by atoms with Crippen molar-refractivity contribution in [3.63, 3.8) is 0 Å². The number of ether oxygens (including phenoxy) is 2. The zero-order valence-electron chi connectivity index (χ0n) is 13.0. The van der Waals surface area contributed by atoms with Gasteiger partial charge in [-0.2, -0.15) is 0 Å². The molecule has 0 saturated carbocycles. The molecule has 1 aromatic carbocycles. The first-order chi connectivity index (χ1) is 10.7. The lowest BCUT2D eigenvalue weighted by Crippen LogP contribution is -2.44. The van der Waals surface area contributed by atoms with E-state index in [2.05, 4.69) is 5.32 Å². The molecule has 1 aromatic rings. The summed E-state index contributed by atoms with van der Waals surface area (Å²) in [5.74, 6) is 0.502. The standard InChI is InChI=1S/C16H22N2O3S/c1-3-21-15(19)12-7-6-10-18(11-12)16(22)17-13-8-4-5-9-14(13)20-2/h4-5,8-9,12H,3,6-7,10-11H2,1-2H3,(H,17,22).